The summed E-state index contributed by atoms with van der Waals surface area (Å²) in [7, 11) is 0. The second kappa shape index (κ2) is 11.6. The molecule has 2 aliphatic heterocycles. The Morgan fingerprint density at radius 1 is 0.868 bits per heavy atom. The van der Waals surface area contributed by atoms with Crippen molar-refractivity contribution in [2.45, 2.75) is 33.1 Å². The molecule has 2 fully saturated rings. The van der Waals surface area contributed by atoms with Crippen LogP contribution in [0.4, 0.5) is 23.1 Å². The van der Waals surface area contributed by atoms with Crippen LogP contribution in [0, 0.1) is 5.92 Å². The lowest BCUT2D eigenvalue weighted by Crippen LogP contribution is -2.49. The van der Waals surface area contributed by atoms with Crippen molar-refractivity contribution >= 4 is 34.8 Å². The van der Waals surface area contributed by atoms with Crippen LogP contribution in [0.3, 0.4) is 0 Å². The van der Waals surface area contributed by atoms with Gasteiger partial charge in [-0.2, -0.15) is 4.98 Å². The zero-order valence-electron chi connectivity index (χ0n) is 22.3. The molecule has 2 saturated heterocycles. The van der Waals surface area contributed by atoms with Gasteiger partial charge < -0.3 is 20.0 Å². The molecule has 0 unspecified atom stereocenters. The third kappa shape index (κ3) is 6.30. The van der Waals surface area contributed by atoms with Crippen LogP contribution in [-0.2, 0) is 11.2 Å². The molecule has 1 amide bonds. The lowest BCUT2D eigenvalue weighted by Gasteiger charge is -2.35. The Labute approximate surface area is 224 Å². The molecule has 0 bridgehead atoms. The fourth-order valence-electron chi connectivity index (χ4n) is 5.07. The Hall–Kier alpha value is -3.94. The van der Waals surface area contributed by atoms with Gasteiger partial charge in [0.15, 0.2) is 5.78 Å². The first-order valence-electron chi connectivity index (χ1n) is 13.5. The molecule has 0 spiro atoms. The molecule has 0 radical (unpaired) electrons. The summed E-state index contributed by atoms with van der Waals surface area (Å²) in [5.41, 5.74) is 3.81. The Balaban J connectivity index is 1.13. The average molecular weight is 513 g/mol. The molecule has 2 aromatic carbocycles. The van der Waals surface area contributed by atoms with Gasteiger partial charge in [-0.1, -0.05) is 31.2 Å². The summed E-state index contributed by atoms with van der Waals surface area (Å²) in [4.78, 5) is 40.0. The van der Waals surface area contributed by atoms with Crippen molar-refractivity contribution in [3.05, 3.63) is 71.9 Å². The van der Waals surface area contributed by atoms with Crippen molar-refractivity contribution in [3.63, 3.8) is 0 Å². The topological polar surface area (TPSA) is 81.7 Å². The van der Waals surface area contributed by atoms with Crippen molar-refractivity contribution < 1.29 is 9.59 Å². The molecule has 198 valence electrons. The van der Waals surface area contributed by atoms with E-state index in [0.29, 0.717) is 44.1 Å². The Morgan fingerprint density at radius 2 is 1.55 bits per heavy atom. The first-order valence-corrected chi connectivity index (χ1v) is 13.5. The maximum Gasteiger partial charge on any atom is 0.229 e. The van der Waals surface area contributed by atoms with Crippen LogP contribution < -0.4 is 15.1 Å². The highest BCUT2D eigenvalue weighted by atomic mass is 16.2. The van der Waals surface area contributed by atoms with Crippen LogP contribution in [0.1, 0.15) is 42.6 Å². The van der Waals surface area contributed by atoms with Crippen molar-refractivity contribution in [2.75, 3.05) is 54.4 Å². The van der Waals surface area contributed by atoms with Gasteiger partial charge in [-0.25, -0.2) is 4.98 Å². The molecule has 0 atom stereocenters. The van der Waals surface area contributed by atoms with Crippen molar-refractivity contribution in [2.24, 2.45) is 5.92 Å². The minimum absolute atomic E-state index is 0.0301. The summed E-state index contributed by atoms with van der Waals surface area (Å²) in [6.07, 6.45) is 4.61. The van der Waals surface area contributed by atoms with Crippen molar-refractivity contribution in [1.29, 1.82) is 0 Å². The molecule has 5 rings (SSSR count). The number of nitrogens with zero attached hydrogens (tertiary/aromatic N) is 5. The van der Waals surface area contributed by atoms with E-state index in [1.807, 2.05) is 23.1 Å². The molecule has 8 nitrogen and oxygen atoms in total. The van der Waals surface area contributed by atoms with Gasteiger partial charge in [-0.15, -0.1) is 0 Å². The number of nitrogens with one attached hydrogen (secondary N) is 1. The van der Waals surface area contributed by atoms with Crippen LogP contribution in [0.25, 0.3) is 0 Å². The van der Waals surface area contributed by atoms with E-state index in [1.165, 1.54) is 18.5 Å². The zero-order chi connectivity index (χ0) is 26.5. The normalized spacial score (nSPS) is 16.4. The highest BCUT2D eigenvalue weighted by Crippen LogP contribution is 2.25. The number of ketones is 1. The fraction of sp³-hybridized carbons (Fsp3) is 0.400. The van der Waals surface area contributed by atoms with Crippen LogP contribution in [0.2, 0.25) is 0 Å². The van der Waals surface area contributed by atoms with Gasteiger partial charge in [0.1, 0.15) is 5.82 Å². The predicted octanol–water partition coefficient (Wildman–Crippen LogP) is 4.55. The second-order valence-electron chi connectivity index (χ2n) is 10.4. The summed E-state index contributed by atoms with van der Waals surface area (Å²) in [5, 5.41) is 3.33. The van der Waals surface area contributed by atoms with E-state index in [9.17, 15) is 9.59 Å². The summed E-state index contributed by atoms with van der Waals surface area (Å²) in [5.74, 6) is 2.37. The lowest BCUT2D eigenvalue weighted by molar-refractivity contribution is -0.130. The highest BCUT2D eigenvalue weighted by molar-refractivity contribution is 5.94. The maximum atomic E-state index is 12.8. The number of Topliss-reactive ketones (excluding diaryl/α,β-unsaturated/α-hetero) is 1. The van der Waals surface area contributed by atoms with E-state index in [4.69, 9.17) is 4.98 Å². The first kappa shape index (κ1) is 25.7. The van der Waals surface area contributed by atoms with Crippen LogP contribution in [0.15, 0.2) is 60.8 Å². The summed E-state index contributed by atoms with van der Waals surface area (Å²) in [6.45, 7) is 8.84. The highest BCUT2D eigenvalue weighted by Gasteiger charge is 2.22. The molecule has 1 N–H and O–H groups in total. The minimum Gasteiger partial charge on any atom is -0.372 e. The molecule has 3 heterocycles. The number of aromatic nitrogens is 2. The maximum absolute atomic E-state index is 12.8. The Morgan fingerprint density at radius 3 is 2.21 bits per heavy atom. The molecule has 38 heavy (non-hydrogen) atoms. The van der Waals surface area contributed by atoms with Gasteiger partial charge in [0.05, 0.1) is 6.42 Å². The first-order chi connectivity index (χ1) is 18.4. The smallest absolute Gasteiger partial charge is 0.229 e. The molecule has 8 heteroatoms. The van der Waals surface area contributed by atoms with Gasteiger partial charge in [-0.05, 0) is 61.6 Å². The van der Waals surface area contributed by atoms with E-state index >= 15 is 0 Å². The molecule has 0 aliphatic carbocycles. The van der Waals surface area contributed by atoms with Crippen LogP contribution in [-0.4, -0.2) is 65.8 Å². The number of carbonyl (C=O) groups is 2. The van der Waals surface area contributed by atoms with E-state index in [-0.39, 0.29) is 11.7 Å². The minimum atomic E-state index is 0.0301. The molecule has 3 aromatic rings. The van der Waals surface area contributed by atoms with Gasteiger partial charge in [0.25, 0.3) is 0 Å². The summed E-state index contributed by atoms with van der Waals surface area (Å²) in [6, 6.07) is 17.7. The number of carbonyl (C=O) groups excluding carboxylic acids is 2. The van der Waals surface area contributed by atoms with E-state index < -0.39 is 0 Å². The quantitative estimate of drug-likeness (QED) is 0.465. The second-order valence-corrected chi connectivity index (χ2v) is 10.4. The third-order valence-electron chi connectivity index (χ3n) is 7.59. The molecular weight excluding hydrogens is 476 g/mol. The standard InChI is InChI=1S/C30H36N6O2/c1-22-12-15-34(16-13-22)27-9-7-26(8-10-27)32-30-31-14-11-28(33-30)35-17-19-36(20-18-35)29(38)21-24-3-5-25(6-4-24)23(2)37/h3-11,14,22H,12-13,15-21H2,1-2H3,(H,31,32,33). The van der Waals surface area contributed by atoms with Gasteiger partial charge >= 0.3 is 0 Å². The van der Waals surface area contributed by atoms with Gasteiger partial charge in [-0.3, -0.25) is 9.59 Å². The number of amides is 1. The summed E-state index contributed by atoms with van der Waals surface area (Å²) < 4.78 is 0. The molecule has 2 aliphatic rings. The zero-order valence-corrected chi connectivity index (χ0v) is 22.3. The van der Waals surface area contributed by atoms with Gasteiger partial charge in [0, 0.05) is 62.4 Å². The third-order valence-corrected chi connectivity index (χ3v) is 7.59. The number of piperazine rings is 1. The monoisotopic (exact) mass is 512 g/mol. The van der Waals surface area contributed by atoms with Crippen molar-refractivity contribution in [3.8, 4) is 0 Å². The van der Waals surface area contributed by atoms with E-state index in [1.54, 1.807) is 25.3 Å². The SMILES string of the molecule is CC(=O)c1ccc(CC(=O)N2CCN(c3ccnc(Nc4ccc(N5CCC(C)CC5)cc4)n3)CC2)cc1. The number of hydrogen-bond acceptors (Lipinski definition) is 7. The van der Waals surface area contributed by atoms with Crippen molar-refractivity contribution in [1.82, 2.24) is 14.9 Å². The van der Waals surface area contributed by atoms with Crippen LogP contribution in [0.5, 0.6) is 0 Å². The number of anilines is 4. The molecule has 0 saturated carbocycles. The Bertz CT molecular complexity index is 1240. The van der Waals surface area contributed by atoms with E-state index in [0.717, 1.165) is 36.1 Å². The Kier molecular flexibility index (Phi) is 7.86. The lowest BCUT2D eigenvalue weighted by atomic mass is 9.99. The largest absolute Gasteiger partial charge is 0.372 e. The fourth-order valence-corrected chi connectivity index (χ4v) is 5.07. The summed E-state index contributed by atoms with van der Waals surface area (Å²) >= 11 is 0. The van der Waals surface area contributed by atoms with Gasteiger partial charge in [0.2, 0.25) is 11.9 Å². The van der Waals surface area contributed by atoms with E-state index in [2.05, 4.69) is 51.3 Å². The number of hydrogen-bond donors (Lipinski definition) is 1. The number of piperidine rings is 1. The molecule has 1 aromatic heterocycles. The average Bonchev–Trinajstić information content (AvgIpc) is 2.94. The van der Waals surface area contributed by atoms with Crippen LogP contribution >= 0.6 is 0 Å². The number of rotatable bonds is 7. The predicted molar refractivity (Wildman–Crippen MR) is 151 cm³/mol. The number of benzene rings is 2. The molecular formula is C30H36N6O2.